The summed E-state index contributed by atoms with van der Waals surface area (Å²) < 4.78 is 7.42. The van der Waals surface area contributed by atoms with Crippen LogP contribution in [0, 0.1) is 0 Å². The van der Waals surface area contributed by atoms with Crippen LogP contribution in [-0.4, -0.2) is 17.5 Å². The predicted molar refractivity (Wildman–Crippen MR) is 106 cm³/mol. The second kappa shape index (κ2) is 7.97. The molecule has 3 aromatic rings. The van der Waals surface area contributed by atoms with E-state index in [1.807, 2.05) is 55.5 Å². The number of amides is 1. The number of nitrogens with one attached hydrogen (secondary N) is 1. The molecule has 6 heteroatoms. The Hall–Kier alpha value is -1.92. The first-order valence-electron chi connectivity index (χ1n) is 7.76. The van der Waals surface area contributed by atoms with Crippen LogP contribution in [0.5, 0.6) is 5.75 Å². The van der Waals surface area contributed by atoms with Crippen LogP contribution in [-0.2, 0) is 4.79 Å². The summed E-state index contributed by atoms with van der Waals surface area (Å²) in [5.41, 5.74) is 1.75. The highest BCUT2D eigenvalue weighted by atomic mass is 79.9. The largest absolute Gasteiger partial charge is 0.480 e. The highest BCUT2D eigenvalue weighted by molar-refractivity contribution is 9.11. The summed E-state index contributed by atoms with van der Waals surface area (Å²) in [6, 6.07) is 15.4. The van der Waals surface area contributed by atoms with Gasteiger partial charge in [-0.2, -0.15) is 0 Å². The Kier molecular flexibility index (Phi) is 5.71. The van der Waals surface area contributed by atoms with Crippen molar-refractivity contribution in [2.75, 3.05) is 6.61 Å². The summed E-state index contributed by atoms with van der Waals surface area (Å²) in [6.45, 7) is 1.86. The number of hydrogen-bond donors (Lipinski definition) is 1. The molecule has 0 aliphatic rings. The van der Waals surface area contributed by atoms with Crippen LogP contribution in [0.3, 0.4) is 0 Å². The van der Waals surface area contributed by atoms with Crippen molar-refractivity contribution < 1.29 is 9.53 Å². The van der Waals surface area contributed by atoms with Crippen LogP contribution in [0.25, 0.3) is 10.9 Å². The van der Waals surface area contributed by atoms with Gasteiger partial charge in [-0.1, -0.05) is 52.3 Å². The van der Waals surface area contributed by atoms with Crippen LogP contribution >= 0.6 is 31.9 Å². The third kappa shape index (κ3) is 4.19. The van der Waals surface area contributed by atoms with Crippen molar-refractivity contribution in [3.05, 3.63) is 69.2 Å². The lowest BCUT2D eigenvalue weighted by Crippen LogP contribution is -2.31. The number of fused-ring (bicyclic) bond motifs is 1. The van der Waals surface area contributed by atoms with Gasteiger partial charge in [-0.05, 0) is 40.5 Å². The standard InChI is InChI=1S/C19H16Br2N2O2/c1-12(13-6-3-2-4-7-13)23-17(24)11-25-19-16(21)10-15(20)14-8-5-9-22-18(14)19/h2-10,12H,11H2,1H3,(H,23,24). The Balaban J connectivity index is 1.71. The molecule has 2 aromatic carbocycles. The monoisotopic (exact) mass is 462 g/mol. The molecule has 1 amide bonds. The lowest BCUT2D eigenvalue weighted by Gasteiger charge is -2.16. The van der Waals surface area contributed by atoms with E-state index in [0.717, 1.165) is 19.9 Å². The molecule has 128 valence electrons. The number of benzene rings is 2. The summed E-state index contributed by atoms with van der Waals surface area (Å²) >= 11 is 6.99. The topological polar surface area (TPSA) is 51.2 Å². The van der Waals surface area contributed by atoms with E-state index in [9.17, 15) is 4.79 Å². The fraction of sp³-hybridized carbons (Fsp3) is 0.158. The SMILES string of the molecule is CC(NC(=O)COc1c(Br)cc(Br)c2cccnc12)c1ccccc1. The molecule has 0 fully saturated rings. The minimum atomic E-state index is -0.185. The Morgan fingerprint density at radius 3 is 2.68 bits per heavy atom. The van der Waals surface area contributed by atoms with Crippen molar-refractivity contribution in [3.63, 3.8) is 0 Å². The number of carbonyl (C=O) groups excluding carboxylic acids is 1. The summed E-state index contributed by atoms with van der Waals surface area (Å²) in [6.07, 6.45) is 1.70. The summed E-state index contributed by atoms with van der Waals surface area (Å²) in [5.74, 6) is 0.372. The van der Waals surface area contributed by atoms with Gasteiger partial charge in [0, 0.05) is 16.1 Å². The number of nitrogens with zero attached hydrogens (tertiary/aromatic N) is 1. The van der Waals surface area contributed by atoms with Gasteiger partial charge in [-0.3, -0.25) is 9.78 Å². The van der Waals surface area contributed by atoms with E-state index in [4.69, 9.17) is 4.74 Å². The Morgan fingerprint density at radius 2 is 1.92 bits per heavy atom. The van der Waals surface area contributed by atoms with E-state index >= 15 is 0 Å². The van der Waals surface area contributed by atoms with Crippen LogP contribution in [0.1, 0.15) is 18.5 Å². The average molecular weight is 464 g/mol. The fourth-order valence-corrected chi connectivity index (χ4v) is 3.92. The second-order valence-corrected chi connectivity index (χ2v) is 7.27. The molecule has 1 atom stereocenters. The smallest absolute Gasteiger partial charge is 0.258 e. The van der Waals surface area contributed by atoms with Gasteiger partial charge < -0.3 is 10.1 Å². The molecule has 0 bridgehead atoms. The quantitative estimate of drug-likeness (QED) is 0.578. The van der Waals surface area contributed by atoms with Crippen LogP contribution in [0.15, 0.2) is 63.7 Å². The van der Waals surface area contributed by atoms with E-state index in [0.29, 0.717) is 11.3 Å². The fourth-order valence-electron chi connectivity index (χ4n) is 2.53. The number of pyridine rings is 1. The van der Waals surface area contributed by atoms with E-state index in [1.54, 1.807) is 6.20 Å². The first-order valence-corrected chi connectivity index (χ1v) is 9.34. The number of carbonyl (C=O) groups is 1. The molecule has 3 rings (SSSR count). The van der Waals surface area contributed by atoms with Crippen molar-refractivity contribution >= 4 is 48.7 Å². The molecular formula is C19H16Br2N2O2. The van der Waals surface area contributed by atoms with E-state index in [1.165, 1.54) is 0 Å². The first kappa shape index (κ1) is 17.9. The van der Waals surface area contributed by atoms with Crippen molar-refractivity contribution in [3.8, 4) is 5.75 Å². The Labute approximate surface area is 162 Å². The number of halogens is 2. The van der Waals surface area contributed by atoms with Gasteiger partial charge in [0.05, 0.1) is 10.5 Å². The summed E-state index contributed by atoms with van der Waals surface area (Å²) in [5, 5.41) is 3.87. The maximum atomic E-state index is 12.2. The second-order valence-electron chi connectivity index (χ2n) is 5.56. The van der Waals surface area contributed by atoms with Gasteiger partial charge in [0.2, 0.25) is 0 Å². The van der Waals surface area contributed by atoms with Gasteiger partial charge >= 0.3 is 0 Å². The third-order valence-corrected chi connectivity index (χ3v) is 5.02. The van der Waals surface area contributed by atoms with Gasteiger partial charge in [-0.15, -0.1) is 0 Å². The molecule has 1 unspecified atom stereocenters. The molecule has 0 saturated carbocycles. The van der Waals surface area contributed by atoms with Crippen molar-refractivity contribution in [2.45, 2.75) is 13.0 Å². The van der Waals surface area contributed by atoms with Crippen molar-refractivity contribution in [1.82, 2.24) is 10.3 Å². The maximum absolute atomic E-state index is 12.2. The molecule has 1 heterocycles. The molecular weight excluding hydrogens is 448 g/mol. The normalized spacial score (nSPS) is 12.0. The molecule has 0 aliphatic heterocycles. The Bertz CT molecular complexity index is 901. The molecule has 1 N–H and O–H groups in total. The molecule has 4 nitrogen and oxygen atoms in total. The van der Waals surface area contributed by atoms with E-state index in [2.05, 4.69) is 42.2 Å². The molecule has 0 spiro atoms. The zero-order chi connectivity index (χ0) is 17.8. The van der Waals surface area contributed by atoms with Gasteiger partial charge in [0.1, 0.15) is 5.52 Å². The lowest BCUT2D eigenvalue weighted by molar-refractivity contribution is -0.123. The van der Waals surface area contributed by atoms with Crippen LogP contribution in [0.4, 0.5) is 0 Å². The van der Waals surface area contributed by atoms with E-state index in [-0.39, 0.29) is 18.6 Å². The van der Waals surface area contributed by atoms with Gasteiger partial charge in [-0.25, -0.2) is 0 Å². The Morgan fingerprint density at radius 1 is 1.16 bits per heavy atom. The first-order chi connectivity index (χ1) is 12.1. The molecule has 1 aromatic heterocycles. The van der Waals surface area contributed by atoms with E-state index < -0.39 is 0 Å². The van der Waals surface area contributed by atoms with Gasteiger partial charge in [0.25, 0.3) is 5.91 Å². The number of rotatable bonds is 5. The zero-order valence-corrected chi connectivity index (χ0v) is 16.7. The minimum Gasteiger partial charge on any atom is -0.480 e. The predicted octanol–water partition coefficient (Wildman–Crippen LogP) is 5.02. The van der Waals surface area contributed by atoms with Crippen LogP contribution < -0.4 is 10.1 Å². The zero-order valence-electron chi connectivity index (χ0n) is 13.5. The summed E-state index contributed by atoms with van der Waals surface area (Å²) in [4.78, 5) is 16.6. The third-order valence-electron chi connectivity index (χ3n) is 3.78. The number of ether oxygens (including phenoxy) is 1. The van der Waals surface area contributed by atoms with Gasteiger partial charge in [0.15, 0.2) is 12.4 Å². The number of hydrogen-bond acceptors (Lipinski definition) is 3. The lowest BCUT2D eigenvalue weighted by atomic mass is 10.1. The molecule has 0 radical (unpaired) electrons. The molecule has 0 aliphatic carbocycles. The minimum absolute atomic E-state index is 0.0803. The molecule has 25 heavy (non-hydrogen) atoms. The summed E-state index contributed by atoms with van der Waals surface area (Å²) in [7, 11) is 0. The maximum Gasteiger partial charge on any atom is 0.258 e. The number of aromatic nitrogens is 1. The van der Waals surface area contributed by atoms with Crippen molar-refractivity contribution in [2.24, 2.45) is 0 Å². The van der Waals surface area contributed by atoms with Crippen LogP contribution in [0.2, 0.25) is 0 Å². The highest BCUT2D eigenvalue weighted by Gasteiger charge is 2.15. The van der Waals surface area contributed by atoms with Crippen molar-refractivity contribution in [1.29, 1.82) is 0 Å². The average Bonchev–Trinajstić information content (AvgIpc) is 2.62. The molecule has 0 saturated heterocycles. The highest BCUT2D eigenvalue weighted by Crippen LogP contribution is 2.37.